The lowest BCUT2D eigenvalue weighted by molar-refractivity contribution is -0.287. The Morgan fingerprint density at radius 1 is 1.03 bits per heavy atom. The molecule has 0 bridgehead atoms. The Labute approximate surface area is 161 Å². The lowest BCUT2D eigenvalue weighted by Crippen LogP contribution is -2.40. The van der Waals surface area contributed by atoms with E-state index in [1.807, 2.05) is 0 Å². The molecule has 162 valence electrons. The molecule has 14 heteroatoms. The highest BCUT2D eigenvalue weighted by molar-refractivity contribution is 5.64. The number of nitrogens with zero attached hydrogens (tertiary/aromatic N) is 4. The Bertz CT molecular complexity index is 1150. The molecule has 0 amide bonds. The van der Waals surface area contributed by atoms with Crippen LogP contribution in [0.15, 0.2) is 35.4 Å². The summed E-state index contributed by atoms with van der Waals surface area (Å²) in [4.78, 5) is 16.1. The van der Waals surface area contributed by atoms with Crippen LogP contribution in [0.3, 0.4) is 0 Å². The molecule has 0 aliphatic carbocycles. The number of hydrogen-bond donors (Lipinski definition) is 0. The Kier molecular flexibility index (Phi) is 4.99. The fourth-order valence-corrected chi connectivity index (χ4v) is 2.56. The zero-order valence-corrected chi connectivity index (χ0v) is 14.7. The van der Waals surface area contributed by atoms with Gasteiger partial charge < -0.3 is 4.74 Å². The molecule has 0 aromatic carbocycles. The average Bonchev–Trinajstić information content (AvgIpc) is 3.06. The van der Waals surface area contributed by atoms with E-state index in [1.165, 1.54) is 13.2 Å². The third-order valence-electron chi connectivity index (χ3n) is 3.98. The number of methoxy groups -OCH3 is 1. The maximum Gasteiger partial charge on any atom is 0.455 e. The van der Waals surface area contributed by atoms with Gasteiger partial charge in [-0.1, -0.05) is 0 Å². The molecule has 3 aromatic rings. The number of pyridine rings is 1. The fraction of sp³-hybridized carbons (Fsp3) is 0.312. The molecule has 0 N–H and O–H groups in total. The van der Waals surface area contributed by atoms with Crippen LogP contribution in [-0.2, 0) is 12.7 Å². The van der Waals surface area contributed by atoms with Crippen molar-refractivity contribution >= 4 is 5.65 Å². The molecular formula is C16H10F8N4O2. The van der Waals surface area contributed by atoms with Crippen molar-refractivity contribution in [3.8, 4) is 17.0 Å². The largest absolute Gasteiger partial charge is 0.497 e. The molecule has 0 aliphatic rings. The molecule has 6 nitrogen and oxygen atoms in total. The van der Waals surface area contributed by atoms with Crippen LogP contribution in [0.2, 0.25) is 0 Å². The summed E-state index contributed by atoms with van der Waals surface area (Å²) in [6.07, 6.45) is -9.36. The molecular weight excluding hydrogens is 432 g/mol. The molecule has 0 fully saturated rings. The van der Waals surface area contributed by atoms with Gasteiger partial charge in [0, 0.05) is 18.5 Å². The minimum absolute atomic E-state index is 0.102. The van der Waals surface area contributed by atoms with Gasteiger partial charge in [-0.15, -0.1) is 0 Å². The van der Waals surface area contributed by atoms with E-state index in [9.17, 15) is 39.9 Å². The average molecular weight is 442 g/mol. The normalized spacial score (nSPS) is 13.1. The molecule has 0 aliphatic heterocycles. The van der Waals surface area contributed by atoms with Crippen LogP contribution in [0.25, 0.3) is 16.9 Å². The van der Waals surface area contributed by atoms with Crippen molar-refractivity contribution in [3.05, 3.63) is 46.6 Å². The van der Waals surface area contributed by atoms with Crippen molar-refractivity contribution in [2.75, 3.05) is 7.11 Å². The lowest BCUT2D eigenvalue weighted by Gasteiger charge is -2.19. The number of fused-ring (bicyclic) bond motifs is 1. The predicted octanol–water partition coefficient (Wildman–Crippen LogP) is 3.78. The topological polar surface area (TPSA) is 61.4 Å². The summed E-state index contributed by atoms with van der Waals surface area (Å²) < 4.78 is 110. The van der Waals surface area contributed by atoms with Crippen molar-refractivity contribution in [1.82, 2.24) is 19.2 Å². The first-order chi connectivity index (χ1) is 13.7. The molecule has 30 heavy (non-hydrogen) atoms. The number of alkyl halides is 8. The number of aromatic nitrogens is 4. The van der Waals surface area contributed by atoms with Gasteiger partial charge in [0.25, 0.3) is 5.56 Å². The van der Waals surface area contributed by atoms with Crippen molar-refractivity contribution < 1.29 is 39.9 Å². The zero-order valence-electron chi connectivity index (χ0n) is 14.7. The molecule has 3 heterocycles. The number of ether oxygens (including phenoxy) is 1. The molecule has 0 unspecified atom stereocenters. The standard InChI is InChI=1S/C16H10F8N4O2/c1-30-8-2-5-28-10(6-8)25-12(15(19,20)21)11(13(28)29)9-3-4-27(26-9)7-14(17,18)16(22,23)24/h2-6H,7H2,1H3. The maximum atomic E-state index is 13.5. The number of halogens is 8. The van der Waals surface area contributed by atoms with Crippen LogP contribution in [0.4, 0.5) is 35.1 Å². The third-order valence-corrected chi connectivity index (χ3v) is 3.98. The lowest BCUT2D eigenvalue weighted by atomic mass is 10.1. The van der Waals surface area contributed by atoms with Gasteiger partial charge in [-0.25, -0.2) is 4.98 Å². The molecule has 0 atom stereocenters. The maximum absolute atomic E-state index is 13.5. The zero-order chi connectivity index (χ0) is 22.5. The minimum atomic E-state index is -5.89. The van der Waals surface area contributed by atoms with Gasteiger partial charge in [-0.05, 0) is 12.1 Å². The highest BCUT2D eigenvalue weighted by Gasteiger charge is 2.57. The fourth-order valence-electron chi connectivity index (χ4n) is 2.56. The SMILES string of the molecule is COc1ccn2c(=O)c(-c3ccn(CC(F)(F)C(F)(F)F)n3)c(C(F)(F)F)nc2c1. The summed E-state index contributed by atoms with van der Waals surface area (Å²) >= 11 is 0. The van der Waals surface area contributed by atoms with Gasteiger partial charge in [0.2, 0.25) is 0 Å². The van der Waals surface area contributed by atoms with Crippen molar-refractivity contribution in [1.29, 1.82) is 0 Å². The summed E-state index contributed by atoms with van der Waals surface area (Å²) in [6, 6.07) is 3.04. The van der Waals surface area contributed by atoms with Crippen LogP contribution >= 0.6 is 0 Å². The molecule has 3 aromatic heterocycles. The van der Waals surface area contributed by atoms with E-state index in [2.05, 4.69) is 10.1 Å². The van der Waals surface area contributed by atoms with E-state index < -0.39 is 53.0 Å². The van der Waals surface area contributed by atoms with Gasteiger partial charge >= 0.3 is 18.3 Å². The predicted molar refractivity (Wildman–Crippen MR) is 85.2 cm³/mol. The smallest absolute Gasteiger partial charge is 0.455 e. The summed E-state index contributed by atoms with van der Waals surface area (Å²) in [5.41, 5.74) is -5.20. The van der Waals surface area contributed by atoms with Gasteiger partial charge in [0.05, 0.1) is 12.7 Å². The van der Waals surface area contributed by atoms with E-state index in [1.54, 1.807) is 0 Å². The van der Waals surface area contributed by atoms with Gasteiger partial charge in [-0.2, -0.15) is 40.2 Å². The van der Waals surface area contributed by atoms with Crippen LogP contribution in [0.1, 0.15) is 5.69 Å². The number of rotatable bonds is 4. The first-order valence-electron chi connectivity index (χ1n) is 7.90. The molecule has 0 saturated carbocycles. The Morgan fingerprint density at radius 3 is 2.27 bits per heavy atom. The van der Waals surface area contributed by atoms with Crippen LogP contribution in [-0.4, -0.2) is 38.4 Å². The minimum Gasteiger partial charge on any atom is -0.497 e. The Morgan fingerprint density at radius 2 is 1.70 bits per heavy atom. The monoisotopic (exact) mass is 442 g/mol. The first-order valence-corrected chi connectivity index (χ1v) is 7.90. The highest BCUT2D eigenvalue weighted by atomic mass is 19.4. The van der Waals surface area contributed by atoms with E-state index in [0.29, 0.717) is 6.20 Å². The quantitative estimate of drug-likeness (QED) is 0.577. The van der Waals surface area contributed by atoms with Crippen LogP contribution in [0, 0.1) is 0 Å². The summed E-state index contributed by atoms with van der Waals surface area (Å²) in [7, 11) is 1.24. The van der Waals surface area contributed by atoms with Gasteiger partial charge in [-0.3, -0.25) is 13.9 Å². The van der Waals surface area contributed by atoms with Crippen molar-refractivity contribution in [2.24, 2.45) is 0 Å². The first kappa shape index (κ1) is 21.5. The second kappa shape index (κ2) is 6.95. The number of hydrogen-bond acceptors (Lipinski definition) is 4. The van der Waals surface area contributed by atoms with Crippen molar-refractivity contribution in [3.63, 3.8) is 0 Å². The van der Waals surface area contributed by atoms with E-state index in [-0.39, 0.29) is 10.4 Å². The van der Waals surface area contributed by atoms with Crippen LogP contribution < -0.4 is 10.3 Å². The molecule has 0 saturated heterocycles. The van der Waals surface area contributed by atoms with Gasteiger partial charge in [0.15, 0.2) is 5.69 Å². The molecule has 0 radical (unpaired) electrons. The van der Waals surface area contributed by atoms with Crippen LogP contribution in [0.5, 0.6) is 5.75 Å². The third kappa shape index (κ3) is 3.80. The molecule has 3 rings (SSSR count). The Balaban J connectivity index is 2.18. The van der Waals surface area contributed by atoms with E-state index >= 15 is 0 Å². The molecule has 0 spiro atoms. The second-order valence-corrected chi connectivity index (χ2v) is 6.03. The Hall–Kier alpha value is -3.19. The van der Waals surface area contributed by atoms with E-state index in [0.717, 1.165) is 22.7 Å². The van der Waals surface area contributed by atoms with Gasteiger partial charge in [0.1, 0.15) is 23.6 Å². The highest BCUT2D eigenvalue weighted by Crippen LogP contribution is 2.37. The van der Waals surface area contributed by atoms with E-state index in [4.69, 9.17) is 4.74 Å². The van der Waals surface area contributed by atoms with Crippen molar-refractivity contribution in [2.45, 2.75) is 24.8 Å². The summed E-state index contributed by atoms with van der Waals surface area (Å²) in [6.45, 7) is -1.97. The summed E-state index contributed by atoms with van der Waals surface area (Å²) in [5.74, 6) is -5.07. The second-order valence-electron chi connectivity index (χ2n) is 6.03. The summed E-state index contributed by atoms with van der Waals surface area (Å²) in [5, 5.41) is 3.31.